The van der Waals surface area contributed by atoms with Gasteiger partial charge >= 0.3 is 6.18 Å². The molecule has 1 aromatic carbocycles. The van der Waals surface area contributed by atoms with Gasteiger partial charge in [0.25, 0.3) is 0 Å². The standard InChI is InChI=1S/C13H10F3N3/c14-13(15,16)7-9-8-3-1-2-4-10(8)18-12(9)11-5-6-17-19-11/h1-6,18H,7H2,(H,17,19). The number of para-hydroxylation sites is 1. The molecule has 98 valence electrons. The van der Waals surface area contributed by atoms with Crippen molar-refractivity contribution in [3.63, 3.8) is 0 Å². The first kappa shape index (κ1) is 11.8. The Morgan fingerprint density at radius 2 is 1.89 bits per heavy atom. The molecule has 0 aliphatic carbocycles. The third kappa shape index (κ3) is 2.21. The summed E-state index contributed by atoms with van der Waals surface area (Å²) in [6, 6.07) is 8.60. The highest BCUT2D eigenvalue weighted by Crippen LogP contribution is 2.33. The van der Waals surface area contributed by atoms with Crippen molar-refractivity contribution in [2.75, 3.05) is 0 Å². The molecule has 3 rings (SSSR count). The molecule has 0 bridgehead atoms. The van der Waals surface area contributed by atoms with Gasteiger partial charge in [-0.3, -0.25) is 5.10 Å². The fraction of sp³-hybridized carbons (Fsp3) is 0.154. The zero-order chi connectivity index (χ0) is 13.5. The molecule has 3 nitrogen and oxygen atoms in total. The molecular weight excluding hydrogens is 255 g/mol. The molecule has 0 aliphatic rings. The number of aromatic amines is 2. The fourth-order valence-electron chi connectivity index (χ4n) is 2.21. The van der Waals surface area contributed by atoms with E-state index in [4.69, 9.17) is 0 Å². The molecule has 2 N–H and O–H groups in total. The Morgan fingerprint density at radius 1 is 1.11 bits per heavy atom. The predicted molar refractivity (Wildman–Crippen MR) is 65.6 cm³/mol. The summed E-state index contributed by atoms with van der Waals surface area (Å²) in [6.07, 6.45) is -3.71. The Kier molecular flexibility index (Phi) is 2.58. The third-order valence-corrected chi connectivity index (χ3v) is 2.96. The van der Waals surface area contributed by atoms with Gasteiger partial charge in [-0.25, -0.2) is 0 Å². The minimum absolute atomic E-state index is 0.243. The van der Waals surface area contributed by atoms with Gasteiger partial charge in [0.1, 0.15) is 0 Å². The molecule has 0 radical (unpaired) electrons. The molecule has 0 saturated carbocycles. The second kappa shape index (κ2) is 4.15. The lowest BCUT2D eigenvalue weighted by Crippen LogP contribution is -2.12. The SMILES string of the molecule is FC(F)(F)Cc1c(-c2ccn[nH]2)[nH]c2ccccc12. The van der Waals surface area contributed by atoms with Crippen LogP contribution in [0.4, 0.5) is 13.2 Å². The van der Waals surface area contributed by atoms with Crippen LogP contribution in [0, 0.1) is 0 Å². The number of aromatic nitrogens is 3. The molecule has 0 spiro atoms. The highest BCUT2D eigenvalue weighted by molar-refractivity contribution is 5.90. The number of fused-ring (bicyclic) bond motifs is 1. The van der Waals surface area contributed by atoms with E-state index in [-0.39, 0.29) is 5.56 Å². The lowest BCUT2D eigenvalue weighted by Gasteiger charge is -2.07. The molecule has 0 atom stereocenters. The average molecular weight is 265 g/mol. The van der Waals surface area contributed by atoms with E-state index >= 15 is 0 Å². The summed E-state index contributed by atoms with van der Waals surface area (Å²) in [5.74, 6) is 0. The highest BCUT2D eigenvalue weighted by Gasteiger charge is 2.31. The molecule has 0 aliphatic heterocycles. The normalized spacial score (nSPS) is 12.2. The van der Waals surface area contributed by atoms with E-state index in [9.17, 15) is 13.2 Å². The summed E-state index contributed by atoms with van der Waals surface area (Å²) >= 11 is 0. The quantitative estimate of drug-likeness (QED) is 0.729. The van der Waals surface area contributed by atoms with Crippen LogP contribution in [0.15, 0.2) is 36.5 Å². The molecule has 2 aromatic heterocycles. The molecule has 2 heterocycles. The number of alkyl halides is 3. The van der Waals surface area contributed by atoms with Crippen LogP contribution in [0.2, 0.25) is 0 Å². The van der Waals surface area contributed by atoms with E-state index in [1.165, 1.54) is 6.20 Å². The van der Waals surface area contributed by atoms with Crippen LogP contribution in [-0.2, 0) is 6.42 Å². The molecule has 3 aromatic rings. The number of hydrogen-bond donors (Lipinski definition) is 2. The average Bonchev–Trinajstić information content (AvgIpc) is 2.95. The van der Waals surface area contributed by atoms with Crippen molar-refractivity contribution in [3.8, 4) is 11.4 Å². The second-order valence-corrected chi connectivity index (χ2v) is 4.29. The van der Waals surface area contributed by atoms with Gasteiger partial charge in [0.2, 0.25) is 0 Å². The van der Waals surface area contributed by atoms with E-state index in [1.807, 2.05) is 0 Å². The first-order valence-corrected chi connectivity index (χ1v) is 5.71. The maximum absolute atomic E-state index is 12.7. The van der Waals surface area contributed by atoms with Gasteiger partial charge in [-0.05, 0) is 17.7 Å². The molecule has 19 heavy (non-hydrogen) atoms. The largest absolute Gasteiger partial charge is 0.393 e. The van der Waals surface area contributed by atoms with Crippen LogP contribution in [0.5, 0.6) is 0 Å². The Bertz CT molecular complexity index is 696. The molecule has 0 unspecified atom stereocenters. The number of hydrogen-bond acceptors (Lipinski definition) is 1. The first-order valence-electron chi connectivity index (χ1n) is 5.71. The van der Waals surface area contributed by atoms with Crippen molar-refractivity contribution >= 4 is 10.9 Å². The predicted octanol–water partition coefficient (Wildman–Crippen LogP) is 3.66. The van der Waals surface area contributed by atoms with Crippen LogP contribution in [-0.4, -0.2) is 21.4 Å². The molecular formula is C13H10F3N3. The lowest BCUT2D eigenvalue weighted by molar-refractivity contribution is -0.126. The van der Waals surface area contributed by atoms with Crippen LogP contribution in [0.3, 0.4) is 0 Å². The summed E-state index contributed by atoms with van der Waals surface area (Å²) < 4.78 is 38.2. The van der Waals surface area contributed by atoms with E-state index in [0.29, 0.717) is 22.3 Å². The van der Waals surface area contributed by atoms with Gasteiger partial charge < -0.3 is 4.98 Å². The zero-order valence-corrected chi connectivity index (χ0v) is 9.75. The minimum atomic E-state index is -4.25. The van der Waals surface area contributed by atoms with Gasteiger partial charge in [-0.1, -0.05) is 18.2 Å². The maximum Gasteiger partial charge on any atom is 0.393 e. The van der Waals surface area contributed by atoms with E-state index in [2.05, 4.69) is 15.2 Å². The van der Waals surface area contributed by atoms with E-state index < -0.39 is 12.6 Å². The number of halogens is 3. The van der Waals surface area contributed by atoms with Crippen molar-refractivity contribution in [1.29, 1.82) is 0 Å². The summed E-state index contributed by atoms with van der Waals surface area (Å²) in [7, 11) is 0. The summed E-state index contributed by atoms with van der Waals surface area (Å²) in [6.45, 7) is 0. The van der Waals surface area contributed by atoms with Gasteiger partial charge in [0, 0.05) is 17.1 Å². The van der Waals surface area contributed by atoms with Gasteiger partial charge in [0.15, 0.2) is 0 Å². The van der Waals surface area contributed by atoms with Gasteiger partial charge in [-0.2, -0.15) is 18.3 Å². The van der Waals surface area contributed by atoms with Crippen molar-refractivity contribution in [2.24, 2.45) is 0 Å². The van der Waals surface area contributed by atoms with Crippen molar-refractivity contribution in [3.05, 3.63) is 42.1 Å². The Balaban J connectivity index is 2.23. The number of nitrogens with one attached hydrogen (secondary N) is 2. The minimum Gasteiger partial charge on any atom is -0.353 e. The topological polar surface area (TPSA) is 44.5 Å². The highest BCUT2D eigenvalue weighted by atomic mass is 19.4. The molecule has 0 fully saturated rings. The first-order chi connectivity index (χ1) is 9.04. The number of H-pyrrole nitrogens is 2. The molecule has 0 saturated heterocycles. The number of rotatable bonds is 2. The van der Waals surface area contributed by atoms with E-state index in [1.54, 1.807) is 30.3 Å². The smallest absolute Gasteiger partial charge is 0.353 e. The Hall–Kier alpha value is -2.24. The van der Waals surface area contributed by atoms with E-state index in [0.717, 1.165) is 0 Å². The molecule has 6 heteroatoms. The Morgan fingerprint density at radius 3 is 2.58 bits per heavy atom. The van der Waals surface area contributed by atoms with Crippen LogP contribution < -0.4 is 0 Å². The van der Waals surface area contributed by atoms with Crippen LogP contribution in [0.25, 0.3) is 22.3 Å². The summed E-state index contributed by atoms with van der Waals surface area (Å²) in [5, 5.41) is 7.06. The number of nitrogens with zero attached hydrogens (tertiary/aromatic N) is 1. The Labute approximate surface area is 106 Å². The van der Waals surface area contributed by atoms with Crippen molar-refractivity contribution in [2.45, 2.75) is 12.6 Å². The van der Waals surface area contributed by atoms with Gasteiger partial charge in [0.05, 0.1) is 17.8 Å². The summed E-state index contributed by atoms with van der Waals surface area (Å²) in [4.78, 5) is 3.02. The second-order valence-electron chi connectivity index (χ2n) is 4.29. The maximum atomic E-state index is 12.7. The zero-order valence-electron chi connectivity index (χ0n) is 9.75. The van der Waals surface area contributed by atoms with Crippen molar-refractivity contribution in [1.82, 2.24) is 15.2 Å². The van der Waals surface area contributed by atoms with Crippen LogP contribution >= 0.6 is 0 Å². The fourth-order valence-corrected chi connectivity index (χ4v) is 2.21. The van der Waals surface area contributed by atoms with Crippen LogP contribution in [0.1, 0.15) is 5.56 Å². The summed E-state index contributed by atoms with van der Waals surface area (Å²) in [5.41, 5.74) is 1.92. The van der Waals surface area contributed by atoms with Gasteiger partial charge in [-0.15, -0.1) is 0 Å². The molecule has 0 amide bonds. The lowest BCUT2D eigenvalue weighted by atomic mass is 10.1. The number of benzene rings is 1. The third-order valence-electron chi connectivity index (χ3n) is 2.96. The van der Waals surface area contributed by atoms with Crippen molar-refractivity contribution < 1.29 is 13.2 Å². The monoisotopic (exact) mass is 265 g/mol.